The topological polar surface area (TPSA) is 41.5 Å². The Morgan fingerprint density at radius 1 is 1.17 bits per heavy atom. The van der Waals surface area contributed by atoms with Gasteiger partial charge in [0.15, 0.2) is 5.82 Å². The van der Waals surface area contributed by atoms with Gasteiger partial charge in [-0.2, -0.15) is 5.10 Å². The minimum Gasteiger partial charge on any atom is -0.497 e. The van der Waals surface area contributed by atoms with Crippen LogP contribution in [-0.2, 0) is 6.42 Å². The van der Waals surface area contributed by atoms with E-state index >= 15 is 0 Å². The first-order valence-corrected chi connectivity index (χ1v) is 8.96. The lowest BCUT2D eigenvalue weighted by Crippen LogP contribution is -2.43. The molecule has 1 aromatic carbocycles. The fraction of sp³-hybridized carbons (Fsp3) is 0.579. The molecule has 24 heavy (non-hydrogen) atoms. The van der Waals surface area contributed by atoms with Crippen molar-refractivity contribution in [3.8, 4) is 5.75 Å². The predicted molar refractivity (Wildman–Crippen MR) is 99.0 cm³/mol. The van der Waals surface area contributed by atoms with Gasteiger partial charge in [0.2, 0.25) is 0 Å². The van der Waals surface area contributed by atoms with E-state index in [1.165, 1.54) is 18.2 Å². The van der Waals surface area contributed by atoms with Gasteiger partial charge < -0.3 is 14.5 Å². The number of likely N-dealkylation sites (tertiary alicyclic amines) is 1. The van der Waals surface area contributed by atoms with Gasteiger partial charge >= 0.3 is 0 Å². The molecule has 0 aliphatic carbocycles. The summed E-state index contributed by atoms with van der Waals surface area (Å²) < 4.78 is 5.43. The molecular weight excluding hydrogens is 300 g/mol. The third-order valence-corrected chi connectivity index (χ3v) is 5.26. The van der Waals surface area contributed by atoms with Crippen LogP contribution in [0.25, 0.3) is 10.8 Å². The second-order valence-corrected chi connectivity index (χ2v) is 6.51. The Labute approximate surface area is 144 Å². The first kappa shape index (κ1) is 17.0. The number of piperidine rings is 1. The van der Waals surface area contributed by atoms with Crippen LogP contribution in [0.3, 0.4) is 0 Å². The highest BCUT2D eigenvalue weighted by atomic mass is 16.5. The van der Waals surface area contributed by atoms with Crippen LogP contribution >= 0.6 is 0 Å². The highest BCUT2D eigenvalue weighted by Crippen LogP contribution is 2.31. The molecule has 5 heteroatoms. The minimum absolute atomic E-state index is 0.518. The third kappa shape index (κ3) is 3.18. The summed E-state index contributed by atoms with van der Waals surface area (Å²) in [6, 6.07) is 6.73. The van der Waals surface area contributed by atoms with Crippen molar-refractivity contribution in [3.05, 3.63) is 23.9 Å². The Bertz CT molecular complexity index is 695. The number of hydrogen-bond donors (Lipinski definition) is 0. The van der Waals surface area contributed by atoms with Crippen molar-refractivity contribution >= 4 is 16.6 Å². The van der Waals surface area contributed by atoms with Crippen LogP contribution in [0, 0.1) is 0 Å². The number of nitrogens with zero attached hydrogens (tertiary/aromatic N) is 4. The molecule has 0 amide bonds. The van der Waals surface area contributed by atoms with Gasteiger partial charge in [-0.1, -0.05) is 13.8 Å². The van der Waals surface area contributed by atoms with Gasteiger partial charge in [0.25, 0.3) is 0 Å². The first-order chi connectivity index (χ1) is 11.7. The molecule has 2 heterocycles. The minimum atomic E-state index is 0.518. The molecule has 1 aliphatic rings. The van der Waals surface area contributed by atoms with Gasteiger partial charge in [0.05, 0.1) is 12.8 Å². The Morgan fingerprint density at radius 3 is 2.54 bits per heavy atom. The monoisotopic (exact) mass is 328 g/mol. The average Bonchev–Trinajstić information content (AvgIpc) is 2.66. The maximum Gasteiger partial charge on any atom is 0.159 e. The van der Waals surface area contributed by atoms with Gasteiger partial charge in [0, 0.05) is 37.0 Å². The maximum absolute atomic E-state index is 5.43. The van der Waals surface area contributed by atoms with Gasteiger partial charge in [-0.05, 0) is 44.0 Å². The third-order valence-electron chi connectivity index (χ3n) is 5.26. The number of rotatable bonds is 5. The molecule has 1 saturated heterocycles. The molecule has 0 spiro atoms. The number of methoxy groups -OCH3 is 1. The van der Waals surface area contributed by atoms with E-state index in [2.05, 4.69) is 53.0 Å². The molecule has 3 rings (SSSR count). The van der Waals surface area contributed by atoms with E-state index in [9.17, 15) is 0 Å². The summed E-state index contributed by atoms with van der Waals surface area (Å²) in [6.07, 6.45) is 3.23. The molecule has 0 atom stereocenters. The molecule has 0 bridgehead atoms. The summed E-state index contributed by atoms with van der Waals surface area (Å²) in [5.41, 5.74) is 1.05. The van der Waals surface area contributed by atoms with Gasteiger partial charge in [-0.15, -0.1) is 5.10 Å². The second kappa shape index (κ2) is 7.34. The van der Waals surface area contributed by atoms with Crippen LogP contribution in [0.1, 0.15) is 32.4 Å². The van der Waals surface area contributed by atoms with Crippen LogP contribution < -0.4 is 9.64 Å². The van der Waals surface area contributed by atoms with Crippen molar-refractivity contribution in [1.82, 2.24) is 15.1 Å². The Kier molecular flexibility index (Phi) is 5.19. The highest BCUT2D eigenvalue weighted by Gasteiger charge is 2.24. The van der Waals surface area contributed by atoms with E-state index in [0.717, 1.165) is 48.7 Å². The zero-order valence-electron chi connectivity index (χ0n) is 15.2. The van der Waals surface area contributed by atoms with Gasteiger partial charge in [-0.3, -0.25) is 0 Å². The van der Waals surface area contributed by atoms with Gasteiger partial charge in [0.1, 0.15) is 5.75 Å². The van der Waals surface area contributed by atoms with Crippen LogP contribution in [-0.4, -0.2) is 54.9 Å². The number of benzene rings is 1. The fourth-order valence-corrected chi connectivity index (χ4v) is 3.62. The van der Waals surface area contributed by atoms with E-state index in [1.54, 1.807) is 7.11 Å². The van der Waals surface area contributed by atoms with E-state index < -0.39 is 0 Å². The molecule has 0 unspecified atom stereocenters. The SMILES string of the molecule is CCc1nnc(N(C)C2CCN(CC)CC2)c2cc(OC)ccc12. The molecular formula is C19H28N4O. The Hall–Kier alpha value is -1.88. The summed E-state index contributed by atoms with van der Waals surface area (Å²) in [7, 11) is 3.86. The lowest BCUT2D eigenvalue weighted by Gasteiger charge is -2.37. The molecule has 1 aromatic heterocycles. The van der Waals surface area contributed by atoms with Crippen molar-refractivity contribution in [2.75, 3.05) is 38.7 Å². The summed E-state index contributed by atoms with van der Waals surface area (Å²) in [5, 5.41) is 11.4. The van der Waals surface area contributed by atoms with E-state index in [0.29, 0.717) is 6.04 Å². The largest absolute Gasteiger partial charge is 0.497 e. The molecule has 0 N–H and O–H groups in total. The van der Waals surface area contributed by atoms with Crippen molar-refractivity contribution in [1.29, 1.82) is 0 Å². The summed E-state index contributed by atoms with van der Waals surface area (Å²) in [4.78, 5) is 4.83. The number of hydrogen-bond acceptors (Lipinski definition) is 5. The molecule has 1 fully saturated rings. The normalized spacial score (nSPS) is 16.5. The molecule has 5 nitrogen and oxygen atoms in total. The fourth-order valence-electron chi connectivity index (χ4n) is 3.62. The van der Waals surface area contributed by atoms with Crippen LogP contribution in [0.5, 0.6) is 5.75 Å². The van der Waals surface area contributed by atoms with Crippen molar-refractivity contribution in [2.45, 2.75) is 39.2 Å². The molecule has 0 radical (unpaired) electrons. The van der Waals surface area contributed by atoms with Crippen molar-refractivity contribution in [3.63, 3.8) is 0 Å². The molecule has 2 aromatic rings. The van der Waals surface area contributed by atoms with E-state index in [1.807, 2.05) is 6.07 Å². The molecule has 1 aliphatic heterocycles. The quantitative estimate of drug-likeness (QED) is 0.843. The summed E-state index contributed by atoms with van der Waals surface area (Å²) in [6.45, 7) is 7.82. The zero-order valence-corrected chi connectivity index (χ0v) is 15.2. The van der Waals surface area contributed by atoms with E-state index in [-0.39, 0.29) is 0 Å². The number of ether oxygens (including phenoxy) is 1. The Morgan fingerprint density at radius 2 is 1.92 bits per heavy atom. The second-order valence-electron chi connectivity index (χ2n) is 6.51. The number of aryl methyl sites for hydroxylation is 1. The number of fused-ring (bicyclic) bond motifs is 1. The average molecular weight is 328 g/mol. The predicted octanol–water partition coefficient (Wildman–Crippen LogP) is 3.12. The van der Waals surface area contributed by atoms with E-state index in [4.69, 9.17) is 4.74 Å². The number of anilines is 1. The first-order valence-electron chi connectivity index (χ1n) is 8.96. The maximum atomic E-state index is 5.43. The van der Waals surface area contributed by atoms with Crippen molar-refractivity contribution < 1.29 is 4.74 Å². The smallest absolute Gasteiger partial charge is 0.159 e. The summed E-state index contributed by atoms with van der Waals surface area (Å²) in [5.74, 6) is 1.84. The van der Waals surface area contributed by atoms with Crippen LogP contribution in [0.15, 0.2) is 18.2 Å². The summed E-state index contributed by atoms with van der Waals surface area (Å²) >= 11 is 0. The zero-order chi connectivity index (χ0) is 17.1. The van der Waals surface area contributed by atoms with Gasteiger partial charge in [-0.25, -0.2) is 0 Å². The lowest BCUT2D eigenvalue weighted by molar-refractivity contribution is 0.220. The molecule has 0 saturated carbocycles. The molecule has 130 valence electrons. The standard InChI is InChI=1S/C19H28N4O/c1-5-18-16-8-7-15(24-4)13-17(16)19(21-20-18)22(3)14-9-11-23(6-2)12-10-14/h7-8,13-14H,5-6,9-12H2,1-4H3. The van der Waals surface area contributed by atoms with Crippen LogP contribution in [0.4, 0.5) is 5.82 Å². The number of aromatic nitrogens is 2. The van der Waals surface area contributed by atoms with Crippen LogP contribution in [0.2, 0.25) is 0 Å². The Balaban J connectivity index is 1.96. The lowest BCUT2D eigenvalue weighted by atomic mass is 10.0. The van der Waals surface area contributed by atoms with Crippen molar-refractivity contribution in [2.24, 2.45) is 0 Å². The highest BCUT2D eigenvalue weighted by molar-refractivity contribution is 5.94.